The molecular weight excluding hydrogens is 210 g/mol. The van der Waals surface area contributed by atoms with Crippen molar-refractivity contribution in [3.8, 4) is 0 Å². The maximum atomic E-state index is 11.3. The Bertz CT molecular complexity index is 236. The molecule has 0 aliphatic carbocycles. The molecule has 1 unspecified atom stereocenters. The number of nitrogens with one attached hydrogen (secondary N) is 1. The van der Waals surface area contributed by atoms with Crippen LogP contribution in [0.3, 0.4) is 0 Å². The molecule has 5 heteroatoms. The summed E-state index contributed by atoms with van der Waals surface area (Å²) in [6.07, 6.45) is 3.06. The summed E-state index contributed by atoms with van der Waals surface area (Å²) in [5, 5.41) is 2.63. The van der Waals surface area contributed by atoms with Gasteiger partial charge in [0.2, 0.25) is 5.91 Å². The third-order valence-electron chi connectivity index (χ3n) is 2.39. The van der Waals surface area contributed by atoms with Crippen LogP contribution in [-0.4, -0.2) is 37.7 Å². The SMILES string of the molecule is CC(=O)NCCCC(=O)OCC1CCCO1. The lowest BCUT2D eigenvalue weighted by molar-refractivity contribution is -0.147. The smallest absolute Gasteiger partial charge is 0.305 e. The molecule has 1 heterocycles. The van der Waals surface area contributed by atoms with Gasteiger partial charge in [0, 0.05) is 26.5 Å². The predicted molar refractivity (Wildman–Crippen MR) is 57.9 cm³/mol. The fourth-order valence-electron chi connectivity index (χ4n) is 1.53. The molecule has 1 atom stereocenters. The second-order valence-electron chi connectivity index (χ2n) is 3.90. The zero-order chi connectivity index (χ0) is 11.8. The molecule has 1 N–H and O–H groups in total. The van der Waals surface area contributed by atoms with Crippen molar-refractivity contribution in [1.82, 2.24) is 5.32 Å². The van der Waals surface area contributed by atoms with Crippen molar-refractivity contribution in [3.63, 3.8) is 0 Å². The average Bonchev–Trinajstić information content (AvgIpc) is 2.74. The first-order chi connectivity index (χ1) is 7.68. The van der Waals surface area contributed by atoms with Crippen LogP contribution in [0.4, 0.5) is 0 Å². The molecule has 0 aromatic rings. The average molecular weight is 229 g/mol. The Morgan fingerprint density at radius 3 is 2.94 bits per heavy atom. The summed E-state index contributed by atoms with van der Waals surface area (Å²) in [7, 11) is 0. The van der Waals surface area contributed by atoms with Crippen molar-refractivity contribution < 1.29 is 19.1 Å². The lowest BCUT2D eigenvalue weighted by atomic mass is 10.2. The number of amides is 1. The van der Waals surface area contributed by atoms with Gasteiger partial charge in [-0.05, 0) is 19.3 Å². The van der Waals surface area contributed by atoms with Crippen LogP contribution in [0.5, 0.6) is 0 Å². The highest BCUT2D eigenvalue weighted by atomic mass is 16.6. The largest absolute Gasteiger partial charge is 0.463 e. The van der Waals surface area contributed by atoms with Crippen LogP contribution in [-0.2, 0) is 19.1 Å². The van der Waals surface area contributed by atoms with Gasteiger partial charge in [-0.2, -0.15) is 0 Å². The highest BCUT2D eigenvalue weighted by molar-refractivity contribution is 5.73. The van der Waals surface area contributed by atoms with E-state index in [1.54, 1.807) is 0 Å². The van der Waals surface area contributed by atoms with Gasteiger partial charge in [0.25, 0.3) is 0 Å². The van der Waals surface area contributed by atoms with E-state index in [9.17, 15) is 9.59 Å². The van der Waals surface area contributed by atoms with Crippen LogP contribution in [0.1, 0.15) is 32.6 Å². The lowest BCUT2D eigenvalue weighted by Crippen LogP contribution is -2.22. The van der Waals surface area contributed by atoms with Gasteiger partial charge < -0.3 is 14.8 Å². The van der Waals surface area contributed by atoms with E-state index in [4.69, 9.17) is 9.47 Å². The number of ether oxygens (including phenoxy) is 2. The van der Waals surface area contributed by atoms with Gasteiger partial charge in [-0.3, -0.25) is 9.59 Å². The monoisotopic (exact) mass is 229 g/mol. The standard InChI is InChI=1S/C11H19NO4/c1-9(13)12-6-2-5-11(14)16-8-10-4-3-7-15-10/h10H,2-8H2,1H3,(H,12,13). The number of carbonyl (C=O) groups excluding carboxylic acids is 2. The Hall–Kier alpha value is -1.10. The van der Waals surface area contributed by atoms with Crippen LogP contribution in [0, 0.1) is 0 Å². The summed E-state index contributed by atoms with van der Waals surface area (Å²) in [5.41, 5.74) is 0. The van der Waals surface area contributed by atoms with E-state index in [0.717, 1.165) is 19.4 Å². The molecule has 0 spiro atoms. The molecule has 1 saturated heterocycles. The van der Waals surface area contributed by atoms with Crippen LogP contribution in [0.2, 0.25) is 0 Å². The highest BCUT2D eigenvalue weighted by Gasteiger charge is 2.17. The van der Waals surface area contributed by atoms with Crippen LogP contribution < -0.4 is 5.32 Å². The summed E-state index contributed by atoms with van der Waals surface area (Å²) in [6, 6.07) is 0. The van der Waals surface area contributed by atoms with Crippen molar-refractivity contribution in [1.29, 1.82) is 0 Å². The van der Waals surface area contributed by atoms with E-state index in [0.29, 0.717) is 26.0 Å². The van der Waals surface area contributed by atoms with Crippen molar-refractivity contribution in [3.05, 3.63) is 0 Å². The van der Waals surface area contributed by atoms with E-state index >= 15 is 0 Å². The molecule has 92 valence electrons. The van der Waals surface area contributed by atoms with Gasteiger partial charge in [-0.15, -0.1) is 0 Å². The third-order valence-corrected chi connectivity index (χ3v) is 2.39. The third kappa shape index (κ3) is 5.70. The molecule has 5 nitrogen and oxygen atoms in total. The summed E-state index contributed by atoms with van der Waals surface area (Å²) < 4.78 is 10.4. The minimum atomic E-state index is -0.221. The first-order valence-electron chi connectivity index (χ1n) is 5.70. The number of carbonyl (C=O) groups is 2. The zero-order valence-corrected chi connectivity index (χ0v) is 9.66. The Morgan fingerprint density at radius 2 is 2.31 bits per heavy atom. The molecule has 0 aromatic carbocycles. The minimum absolute atomic E-state index is 0.0762. The van der Waals surface area contributed by atoms with Crippen molar-refractivity contribution in [2.45, 2.75) is 38.7 Å². The zero-order valence-electron chi connectivity index (χ0n) is 9.66. The van der Waals surface area contributed by atoms with Crippen LogP contribution >= 0.6 is 0 Å². The maximum absolute atomic E-state index is 11.3. The first kappa shape index (κ1) is 13.0. The molecule has 1 amide bonds. The quantitative estimate of drug-likeness (QED) is 0.536. The van der Waals surface area contributed by atoms with Crippen LogP contribution in [0.15, 0.2) is 0 Å². The molecule has 0 radical (unpaired) electrons. The Kier molecular flexibility index (Phi) is 5.85. The molecule has 1 aliphatic rings. The van der Waals surface area contributed by atoms with Crippen LogP contribution in [0.25, 0.3) is 0 Å². The summed E-state index contributed by atoms with van der Waals surface area (Å²) in [5.74, 6) is -0.298. The second-order valence-corrected chi connectivity index (χ2v) is 3.90. The van der Waals surface area contributed by atoms with E-state index in [-0.39, 0.29) is 18.0 Å². The summed E-state index contributed by atoms with van der Waals surface area (Å²) >= 11 is 0. The summed E-state index contributed by atoms with van der Waals surface area (Å²) in [4.78, 5) is 21.8. The Balaban J connectivity index is 1.95. The van der Waals surface area contributed by atoms with Crippen molar-refractivity contribution in [2.24, 2.45) is 0 Å². The number of hydrogen-bond donors (Lipinski definition) is 1. The molecule has 1 aliphatic heterocycles. The maximum Gasteiger partial charge on any atom is 0.305 e. The topological polar surface area (TPSA) is 64.6 Å². The van der Waals surface area contributed by atoms with E-state index < -0.39 is 0 Å². The van der Waals surface area contributed by atoms with Gasteiger partial charge in [-0.1, -0.05) is 0 Å². The molecule has 1 fully saturated rings. The van der Waals surface area contributed by atoms with Crippen molar-refractivity contribution >= 4 is 11.9 Å². The fourth-order valence-corrected chi connectivity index (χ4v) is 1.53. The number of esters is 1. The fraction of sp³-hybridized carbons (Fsp3) is 0.818. The molecule has 0 aromatic heterocycles. The molecular formula is C11H19NO4. The van der Waals surface area contributed by atoms with Gasteiger partial charge >= 0.3 is 5.97 Å². The van der Waals surface area contributed by atoms with E-state index in [1.165, 1.54) is 6.92 Å². The Labute approximate surface area is 95.5 Å². The Morgan fingerprint density at radius 1 is 1.50 bits per heavy atom. The van der Waals surface area contributed by atoms with Gasteiger partial charge in [0.15, 0.2) is 0 Å². The minimum Gasteiger partial charge on any atom is -0.463 e. The lowest BCUT2D eigenvalue weighted by Gasteiger charge is -2.10. The second kappa shape index (κ2) is 7.22. The van der Waals surface area contributed by atoms with Gasteiger partial charge in [-0.25, -0.2) is 0 Å². The van der Waals surface area contributed by atoms with Gasteiger partial charge in [0.05, 0.1) is 6.10 Å². The summed E-state index contributed by atoms with van der Waals surface area (Å²) in [6.45, 7) is 3.10. The van der Waals surface area contributed by atoms with E-state index in [2.05, 4.69) is 5.32 Å². The molecule has 0 bridgehead atoms. The normalized spacial score (nSPS) is 19.4. The van der Waals surface area contributed by atoms with Gasteiger partial charge in [0.1, 0.15) is 6.61 Å². The van der Waals surface area contributed by atoms with Crippen molar-refractivity contribution in [2.75, 3.05) is 19.8 Å². The highest BCUT2D eigenvalue weighted by Crippen LogP contribution is 2.12. The molecule has 1 rings (SSSR count). The first-order valence-corrected chi connectivity index (χ1v) is 5.70. The predicted octanol–water partition coefficient (Wildman–Crippen LogP) is 0.625. The number of hydrogen-bond acceptors (Lipinski definition) is 4. The molecule has 0 saturated carbocycles. The molecule has 16 heavy (non-hydrogen) atoms. The van der Waals surface area contributed by atoms with E-state index in [1.807, 2.05) is 0 Å². The number of rotatable bonds is 6.